The Balaban J connectivity index is 2.27. The van der Waals surface area contributed by atoms with E-state index < -0.39 is 0 Å². The SMILES string of the molecule is CC(C)CC(CN)C(=O)NCCn1ccnc1. The van der Waals surface area contributed by atoms with Crippen LogP contribution in [0.25, 0.3) is 0 Å². The van der Waals surface area contributed by atoms with Crippen molar-refractivity contribution in [2.75, 3.05) is 13.1 Å². The molecule has 5 heteroatoms. The number of hydrogen-bond acceptors (Lipinski definition) is 3. The molecule has 17 heavy (non-hydrogen) atoms. The monoisotopic (exact) mass is 238 g/mol. The fourth-order valence-electron chi connectivity index (χ4n) is 1.75. The summed E-state index contributed by atoms with van der Waals surface area (Å²) in [6.45, 7) is 5.96. The van der Waals surface area contributed by atoms with Crippen LogP contribution >= 0.6 is 0 Å². The molecule has 0 spiro atoms. The van der Waals surface area contributed by atoms with E-state index in [1.165, 1.54) is 0 Å². The van der Waals surface area contributed by atoms with Crippen LogP contribution in [0.1, 0.15) is 20.3 Å². The smallest absolute Gasteiger partial charge is 0.224 e. The van der Waals surface area contributed by atoms with Crippen LogP contribution in [0.4, 0.5) is 0 Å². The van der Waals surface area contributed by atoms with Gasteiger partial charge in [0.25, 0.3) is 0 Å². The minimum Gasteiger partial charge on any atom is -0.354 e. The molecule has 96 valence electrons. The van der Waals surface area contributed by atoms with Gasteiger partial charge in [0.2, 0.25) is 5.91 Å². The number of amides is 1. The summed E-state index contributed by atoms with van der Waals surface area (Å²) >= 11 is 0. The van der Waals surface area contributed by atoms with Crippen molar-refractivity contribution >= 4 is 5.91 Å². The zero-order chi connectivity index (χ0) is 12.7. The third-order valence-electron chi connectivity index (χ3n) is 2.64. The number of rotatable bonds is 7. The minimum atomic E-state index is -0.0715. The van der Waals surface area contributed by atoms with E-state index in [1.54, 1.807) is 12.5 Å². The van der Waals surface area contributed by atoms with E-state index >= 15 is 0 Å². The third-order valence-corrected chi connectivity index (χ3v) is 2.64. The lowest BCUT2D eigenvalue weighted by atomic mass is 9.96. The molecule has 0 fully saturated rings. The van der Waals surface area contributed by atoms with Crippen molar-refractivity contribution in [3.05, 3.63) is 18.7 Å². The van der Waals surface area contributed by atoms with Gasteiger partial charge in [-0.25, -0.2) is 4.98 Å². The first kappa shape index (κ1) is 13.7. The van der Waals surface area contributed by atoms with Crippen LogP contribution in [0.2, 0.25) is 0 Å². The number of nitrogens with two attached hydrogens (primary N) is 1. The maximum absolute atomic E-state index is 11.8. The molecule has 1 rings (SSSR count). The van der Waals surface area contributed by atoms with Crippen LogP contribution in [0.5, 0.6) is 0 Å². The summed E-state index contributed by atoms with van der Waals surface area (Å²) in [6.07, 6.45) is 6.18. The number of hydrogen-bond donors (Lipinski definition) is 2. The molecule has 0 aliphatic rings. The lowest BCUT2D eigenvalue weighted by molar-refractivity contribution is -0.125. The van der Waals surface area contributed by atoms with E-state index in [9.17, 15) is 4.79 Å². The van der Waals surface area contributed by atoms with E-state index in [-0.39, 0.29) is 11.8 Å². The molecule has 0 bridgehead atoms. The first-order chi connectivity index (χ1) is 8.13. The van der Waals surface area contributed by atoms with E-state index in [1.807, 2.05) is 10.8 Å². The van der Waals surface area contributed by atoms with Crippen molar-refractivity contribution in [2.45, 2.75) is 26.8 Å². The second-order valence-corrected chi connectivity index (χ2v) is 4.65. The summed E-state index contributed by atoms with van der Waals surface area (Å²) < 4.78 is 1.93. The summed E-state index contributed by atoms with van der Waals surface area (Å²) in [4.78, 5) is 15.8. The predicted octanol–water partition coefficient (Wildman–Crippen LogP) is 0.620. The summed E-state index contributed by atoms with van der Waals surface area (Å²) in [5, 5.41) is 2.91. The van der Waals surface area contributed by atoms with Gasteiger partial charge in [-0.1, -0.05) is 13.8 Å². The molecule has 0 radical (unpaired) electrons. The molecule has 0 saturated carbocycles. The van der Waals surface area contributed by atoms with Crippen molar-refractivity contribution in [3.63, 3.8) is 0 Å². The molecule has 5 nitrogen and oxygen atoms in total. The highest BCUT2D eigenvalue weighted by Crippen LogP contribution is 2.10. The van der Waals surface area contributed by atoms with Crippen LogP contribution in [-0.2, 0) is 11.3 Å². The van der Waals surface area contributed by atoms with Gasteiger partial charge in [-0.05, 0) is 12.3 Å². The van der Waals surface area contributed by atoms with Gasteiger partial charge in [0.05, 0.1) is 12.2 Å². The number of aromatic nitrogens is 2. The van der Waals surface area contributed by atoms with Crippen LogP contribution < -0.4 is 11.1 Å². The van der Waals surface area contributed by atoms with Crippen LogP contribution in [-0.4, -0.2) is 28.5 Å². The Morgan fingerprint density at radius 2 is 2.29 bits per heavy atom. The Labute approximate surface area is 102 Å². The number of carbonyl (C=O) groups is 1. The Hall–Kier alpha value is -1.36. The molecule has 1 aromatic heterocycles. The topological polar surface area (TPSA) is 72.9 Å². The highest BCUT2D eigenvalue weighted by atomic mass is 16.1. The summed E-state index contributed by atoms with van der Waals surface area (Å²) in [7, 11) is 0. The van der Waals surface area contributed by atoms with Crippen molar-refractivity contribution < 1.29 is 4.79 Å². The molecule has 1 atom stereocenters. The standard InChI is InChI=1S/C12H22N4O/c1-10(2)7-11(8-13)12(17)15-4-6-16-5-3-14-9-16/h3,5,9-11H,4,6-8,13H2,1-2H3,(H,15,17). The van der Waals surface area contributed by atoms with Gasteiger partial charge in [-0.2, -0.15) is 0 Å². The maximum atomic E-state index is 11.8. The van der Waals surface area contributed by atoms with Gasteiger partial charge in [0.1, 0.15) is 0 Å². The molecule has 1 amide bonds. The van der Waals surface area contributed by atoms with Crippen LogP contribution in [0, 0.1) is 11.8 Å². The molecule has 1 unspecified atom stereocenters. The zero-order valence-corrected chi connectivity index (χ0v) is 10.6. The quantitative estimate of drug-likeness (QED) is 0.731. The van der Waals surface area contributed by atoms with Crippen molar-refractivity contribution in [1.29, 1.82) is 0 Å². The van der Waals surface area contributed by atoms with E-state index in [0.29, 0.717) is 19.0 Å². The van der Waals surface area contributed by atoms with Crippen LogP contribution in [0.3, 0.4) is 0 Å². The van der Waals surface area contributed by atoms with Gasteiger partial charge in [0.15, 0.2) is 0 Å². The molecule has 1 heterocycles. The summed E-state index contributed by atoms with van der Waals surface area (Å²) in [5.41, 5.74) is 5.61. The average molecular weight is 238 g/mol. The van der Waals surface area contributed by atoms with Gasteiger partial charge < -0.3 is 15.6 Å². The fraction of sp³-hybridized carbons (Fsp3) is 0.667. The fourth-order valence-corrected chi connectivity index (χ4v) is 1.75. The minimum absolute atomic E-state index is 0.0568. The Kier molecular flexibility index (Phi) is 5.69. The number of nitrogens with zero attached hydrogens (tertiary/aromatic N) is 2. The van der Waals surface area contributed by atoms with E-state index in [4.69, 9.17) is 5.73 Å². The number of nitrogens with one attached hydrogen (secondary N) is 1. The van der Waals surface area contributed by atoms with Crippen LogP contribution in [0.15, 0.2) is 18.7 Å². The molecule has 3 N–H and O–H groups in total. The normalized spacial score (nSPS) is 12.7. The molecule has 0 saturated heterocycles. The Morgan fingerprint density at radius 1 is 1.53 bits per heavy atom. The van der Waals surface area contributed by atoms with Gasteiger partial charge in [0, 0.05) is 32.0 Å². The molecule has 0 aromatic carbocycles. The third kappa shape index (κ3) is 4.99. The lowest BCUT2D eigenvalue weighted by Gasteiger charge is -2.16. The summed E-state index contributed by atoms with van der Waals surface area (Å²) in [5.74, 6) is 0.474. The first-order valence-corrected chi connectivity index (χ1v) is 6.07. The zero-order valence-electron chi connectivity index (χ0n) is 10.6. The summed E-state index contributed by atoms with van der Waals surface area (Å²) in [6, 6.07) is 0. The second-order valence-electron chi connectivity index (χ2n) is 4.65. The maximum Gasteiger partial charge on any atom is 0.224 e. The highest BCUT2D eigenvalue weighted by molar-refractivity contribution is 5.78. The predicted molar refractivity (Wildman–Crippen MR) is 67.2 cm³/mol. The molecule has 0 aliphatic heterocycles. The van der Waals surface area contributed by atoms with Crippen molar-refractivity contribution in [1.82, 2.24) is 14.9 Å². The molecular weight excluding hydrogens is 216 g/mol. The van der Waals surface area contributed by atoms with E-state index in [0.717, 1.165) is 13.0 Å². The van der Waals surface area contributed by atoms with Gasteiger partial charge in [-0.3, -0.25) is 4.79 Å². The molecular formula is C12H22N4O. The second kappa shape index (κ2) is 7.06. The van der Waals surface area contributed by atoms with E-state index in [2.05, 4.69) is 24.1 Å². The average Bonchev–Trinajstić information content (AvgIpc) is 2.78. The Morgan fingerprint density at radius 3 is 2.82 bits per heavy atom. The molecule has 1 aromatic rings. The van der Waals surface area contributed by atoms with Gasteiger partial charge in [-0.15, -0.1) is 0 Å². The lowest BCUT2D eigenvalue weighted by Crippen LogP contribution is -2.37. The number of carbonyl (C=O) groups excluding carboxylic acids is 1. The van der Waals surface area contributed by atoms with Gasteiger partial charge >= 0.3 is 0 Å². The van der Waals surface area contributed by atoms with Crippen molar-refractivity contribution in [3.8, 4) is 0 Å². The van der Waals surface area contributed by atoms with Crippen molar-refractivity contribution in [2.24, 2.45) is 17.6 Å². The highest BCUT2D eigenvalue weighted by Gasteiger charge is 2.17. The number of imidazole rings is 1. The molecule has 0 aliphatic carbocycles. The first-order valence-electron chi connectivity index (χ1n) is 6.07. The largest absolute Gasteiger partial charge is 0.354 e. The Bertz CT molecular complexity index is 321.